The van der Waals surface area contributed by atoms with Gasteiger partial charge in [-0.3, -0.25) is 4.79 Å². The van der Waals surface area contributed by atoms with Crippen molar-refractivity contribution in [2.75, 3.05) is 6.61 Å². The van der Waals surface area contributed by atoms with E-state index in [1.54, 1.807) is 0 Å². The van der Waals surface area contributed by atoms with E-state index in [9.17, 15) is 4.79 Å². The van der Waals surface area contributed by atoms with Gasteiger partial charge < -0.3 is 9.84 Å². The summed E-state index contributed by atoms with van der Waals surface area (Å²) in [6, 6.07) is 18.5. The van der Waals surface area contributed by atoms with Gasteiger partial charge in [-0.05, 0) is 42.5 Å². The molecule has 0 fully saturated rings. The summed E-state index contributed by atoms with van der Waals surface area (Å²) in [5.74, 6) is 0.197. The Balaban J connectivity index is 1.70. The van der Waals surface area contributed by atoms with Crippen LogP contribution in [0.4, 0.5) is 0 Å². The highest BCUT2D eigenvalue weighted by Gasteiger charge is 2.00. The molecule has 0 amide bonds. The predicted molar refractivity (Wildman–Crippen MR) is 91.9 cm³/mol. The van der Waals surface area contributed by atoms with E-state index in [0.29, 0.717) is 6.61 Å². The molecule has 2 aromatic rings. The molecule has 0 aliphatic heterocycles. The van der Waals surface area contributed by atoms with Crippen LogP contribution >= 0.6 is 0 Å². The van der Waals surface area contributed by atoms with Gasteiger partial charge in [0.25, 0.3) is 0 Å². The number of ether oxygens (including phenoxy) is 1. The Kier molecular flexibility index (Phi) is 7.18. The normalized spacial score (nSPS) is 10.4. The van der Waals surface area contributed by atoms with Crippen LogP contribution in [-0.4, -0.2) is 17.7 Å². The molecule has 0 bridgehead atoms. The van der Waals surface area contributed by atoms with Gasteiger partial charge in [-0.2, -0.15) is 0 Å². The van der Waals surface area contributed by atoms with E-state index in [2.05, 4.69) is 24.3 Å². The first-order valence-electron chi connectivity index (χ1n) is 8.21. The Morgan fingerprint density at radius 2 is 1.65 bits per heavy atom. The molecule has 0 unspecified atom stereocenters. The van der Waals surface area contributed by atoms with Crippen molar-refractivity contribution >= 4 is 5.97 Å². The van der Waals surface area contributed by atoms with Crippen molar-refractivity contribution in [3.8, 4) is 5.75 Å². The number of aryl methyl sites for hydroxylation is 1. The second-order valence-corrected chi connectivity index (χ2v) is 5.69. The molecule has 0 aliphatic carbocycles. The number of carbonyl (C=O) groups is 1. The molecule has 0 atom stereocenters. The second-order valence-electron chi connectivity index (χ2n) is 5.69. The highest BCUT2D eigenvalue weighted by Crippen LogP contribution is 2.16. The monoisotopic (exact) mass is 312 g/mol. The first-order chi connectivity index (χ1) is 11.2. The van der Waals surface area contributed by atoms with Crippen molar-refractivity contribution in [2.45, 2.75) is 38.5 Å². The van der Waals surface area contributed by atoms with Gasteiger partial charge in [-0.25, -0.2) is 0 Å². The van der Waals surface area contributed by atoms with E-state index in [1.807, 2.05) is 30.3 Å². The molecule has 0 saturated heterocycles. The average molecular weight is 312 g/mol. The van der Waals surface area contributed by atoms with Gasteiger partial charge in [0.2, 0.25) is 0 Å². The van der Waals surface area contributed by atoms with Crippen molar-refractivity contribution < 1.29 is 14.6 Å². The number of carboxylic acids is 1. The molecule has 0 spiro atoms. The van der Waals surface area contributed by atoms with Crippen LogP contribution in [0.25, 0.3) is 0 Å². The van der Waals surface area contributed by atoms with E-state index in [-0.39, 0.29) is 6.42 Å². The molecule has 0 radical (unpaired) electrons. The molecular formula is C20H24O3. The standard InChI is InChI=1S/C20H24O3/c21-20(22)13-6-2-5-10-18-11-7-12-19(16-18)23-15-14-17-8-3-1-4-9-17/h1,3-4,7-9,11-12,16H,2,5-6,10,13-15H2,(H,21,22). The van der Waals surface area contributed by atoms with Crippen molar-refractivity contribution in [2.24, 2.45) is 0 Å². The van der Waals surface area contributed by atoms with Crippen LogP contribution in [-0.2, 0) is 17.6 Å². The highest BCUT2D eigenvalue weighted by atomic mass is 16.5. The molecule has 0 saturated carbocycles. The van der Waals surface area contributed by atoms with Crippen LogP contribution in [0, 0.1) is 0 Å². The fourth-order valence-corrected chi connectivity index (χ4v) is 2.50. The fourth-order valence-electron chi connectivity index (χ4n) is 2.50. The minimum atomic E-state index is -0.709. The van der Waals surface area contributed by atoms with Gasteiger partial charge in [0.05, 0.1) is 6.61 Å². The lowest BCUT2D eigenvalue weighted by molar-refractivity contribution is -0.137. The van der Waals surface area contributed by atoms with E-state index in [4.69, 9.17) is 9.84 Å². The zero-order valence-corrected chi connectivity index (χ0v) is 13.4. The van der Waals surface area contributed by atoms with Crippen molar-refractivity contribution in [3.63, 3.8) is 0 Å². The van der Waals surface area contributed by atoms with Gasteiger partial charge in [-0.1, -0.05) is 48.9 Å². The summed E-state index contributed by atoms with van der Waals surface area (Å²) in [5, 5.41) is 8.61. The van der Waals surface area contributed by atoms with Crippen LogP contribution in [0.5, 0.6) is 5.75 Å². The molecule has 2 rings (SSSR count). The summed E-state index contributed by atoms with van der Waals surface area (Å²) in [6.45, 7) is 0.673. The summed E-state index contributed by atoms with van der Waals surface area (Å²) < 4.78 is 5.83. The zero-order valence-electron chi connectivity index (χ0n) is 13.4. The maximum Gasteiger partial charge on any atom is 0.303 e. The van der Waals surface area contributed by atoms with E-state index >= 15 is 0 Å². The van der Waals surface area contributed by atoms with Gasteiger partial charge >= 0.3 is 5.97 Å². The topological polar surface area (TPSA) is 46.5 Å². The van der Waals surface area contributed by atoms with Crippen molar-refractivity contribution in [3.05, 3.63) is 65.7 Å². The number of hydrogen-bond acceptors (Lipinski definition) is 2. The number of aliphatic carboxylic acids is 1. The van der Waals surface area contributed by atoms with Crippen LogP contribution in [0.2, 0.25) is 0 Å². The van der Waals surface area contributed by atoms with Crippen LogP contribution in [0.3, 0.4) is 0 Å². The maximum absolute atomic E-state index is 10.5. The van der Waals surface area contributed by atoms with Gasteiger partial charge in [0.1, 0.15) is 5.75 Å². The summed E-state index contributed by atoms with van der Waals surface area (Å²) in [5.41, 5.74) is 2.53. The number of rotatable bonds is 10. The van der Waals surface area contributed by atoms with E-state index in [0.717, 1.165) is 37.9 Å². The van der Waals surface area contributed by atoms with Crippen LogP contribution in [0.15, 0.2) is 54.6 Å². The first-order valence-corrected chi connectivity index (χ1v) is 8.21. The van der Waals surface area contributed by atoms with Crippen LogP contribution < -0.4 is 4.74 Å². The number of hydrogen-bond donors (Lipinski definition) is 1. The third-order valence-electron chi connectivity index (χ3n) is 3.76. The molecular weight excluding hydrogens is 288 g/mol. The summed E-state index contributed by atoms with van der Waals surface area (Å²) in [4.78, 5) is 10.5. The lowest BCUT2D eigenvalue weighted by Crippen LogP contribution is -2.01. The molecule has 3 heteroatoms. The Labute approximate surface area is 137 Å². The smallest absolute Gasteiger partial charge is 0.303 e. The third-order valence-corrected chi connectivity index (χ3v) is 3.76. The maximum atomic E-state index is 10.5. The molecule has 0 aliphatic rings. The summed E-state index contributed by atoms with van der Waals surface area (Å²) in [6.07, 6.45) is 4.85. The van der Waals surface area contributed by atoms with E-state index in [1.165, 1.54) is 11.1 Å². The third kappa shape index (κ3) is 7.00. The quantitative estimate of drug-likeness (QED) is 0.657. The average Bonchev–Trinajstić information content (AvgIpc) is 2.56. The molecule has 23 heavy (non-hydrogen) atoms. The van der Waals surface area contributed by atoms with Crippen LogP contribution in [0.1, 0.15) is 36.8 Å². The molecule has 0 heterocycles. The lowest BCUT2D eigenvalue weighted by Gasteiger charge is -2.08. The predicted octanol–water partition coefficient (Wildman–Crippen LogP) is 4.50. The Bertz CT molecular complexity index is 593. The lowest BCUT2D eigenvalue weighted by atomic mass is 10.1. The molecule has 0 aromatic heterocycles. The SMILES string of the molecule is O=C(O)CCCCCc1cccc(OCCc2ccccc2)c1. The number of benzene rings is 2. The molecule has 122 valence electrons. The first kappa shape index (κ1) is 17.1. The van der Waals surface area contributed by atoms with Gasteiger partial charge in [-0.15, -0.1) is 0 Å². The largest absolute Gasteiger partial charge is 0.493 e. The minimum absolute atomic E-state index is 0.267. The molecule has 3 nitrogen and oxygen atoms in total. The highest BCUT2D eigenvalue weighted by molar-refractivity contribution is 5.66. The summed E-state index contributed by atoms with van der Waals surface area (Å²) >= 11 is 0. The van der Waals surface area contributed by atoms with Crippen molar-refractivity contribution in [1.82, 2.24) is 0 Å². The number of carboxylic acid groups (broad SMARTS) is 1. The number of unbranched alkanes of at least 4 members (excludes halogenated alkanes) is 2. The fraction of sp³-hybridized carbons (Fsp3) is 0.350. The molecule has 1 N–H and O–H groups in total. The Morgan fingerprint density at radius 1 is 0.870 bits per heavy atom. The van der Waals surface area contributed by atoms with Crippen molar-refractivity contribution in [1.29, 1.82) is 0 Å². The summed E-state index contributed by atoms with van der Waals surface area (Å²) in [7, 11) is 0. The Morgan fingerprint density at radius 3 is 2.43 bits per heavy atom. The molecule has 2 aromatic carbocycles. The second kappa shape index (κ2) is 9.67. The minimum Gasteiger partial charge on any atom is -0.493 e. The zero-order chi connectivity index (χ0) is 16.3. The van der Waals surface area contributed by atoms with Gasteiger partial charge in [0.15, 0.2) is 0 Å². The Hall–Kier alpha value is -2.29. The van der Waals surface area contributed by atoms with Gasteiger partial charge in [0, 0.05) is 12.8 Å². The van der Waals surface area contributed by atoms with E-state index < -0.39 is 5.97 Å².